The number of hydrogen-bond donors (Lipinski definition) is 2. The average molecular weight is 308 g/mol. The lowest BCUT2D eigenvalue weighted by Gasteiger charge is -2.08. The number of aromatic nitrogens is 2. The molecule has 2 aromatic rings. The molecule has 0 unspecified atom stereocenters. The number of benzene rings is 1. The van der Waals surface area contributed by atoms with Crippen molar-refractivity contribution < 1.29 is 13.7 Å². The molecule has 1 aromatic carbocycles. The number of nitro groups is 1. The normalized spacial score (nSPS) is 10.3. The van der Waals surface area contributed by atoms with Crippen LogP contribution in [-0.2, 0) is 6.54 Å². The average Bonchev–Trinajstić information content (AvgIpc) is 2.49. The molecule has 9 heteroatoms. The van der Waals surface area contributed by atoms with Gasteiger partial charge >= 0.3 is 5.69 Å². The molecule has 0 aliphatic carbocycles. The van der Waals surface area contributed by atoms with Gasteiger partial charge < -0.3 is 10.6 Å². The summed E-state index contributed by atoms with van der Waals surface area (Å²) in [6, 6.07) is 3.47. The Morgan fingerprint density at radius 2 is 2.05 bits per heavy atom. The van der Waals surface area contributed by atoms with Gasteiger partial charge in [-0.2, -0.15) is 4.98 Å². The van der Waals surface area contributed by atoms with Crippen molar-refractivity contribution in [3.63, 3.8) is 0 Å². The minimum absolute atomic E-state index is 0.0304. The van der Waals surface area contributed by atoms with E-state index in [-0.39, 0.29) is 30.5 Å². The van der Waals surface area contributed by atoms with E-state index >= 15 is 0 Å². The molecule has 1 radical (unpaired) electrons. The zero-order valence-corrected chi connectivity index (χ0v) is 11.3. The molecule has 115 valence electrons. The van der Waals surface area contributed by atoms with Crippen molar-refractivity contribution in [2.45, 2.75) is 6.54 Å². The summed E-state index contributed by atoms with van der Waals surface area (Å²) in [6.45, 7) is 3.88. The number of nitrogens with zero attached hydrogens (tertiary/aromatic N) is 3. The first kappa shape index (κ1) is 15.5. The topological polar surface area (TPSA) is 93.0 Å². The van der Waals surface area contributed by atoms with Gasteiger partial charge in [0.25, 0.3) is 0 Å². The molecule has 1 heterocycles. The molecule has 0 atom stereocenters. The largest absolute Gasteiger partial charge is 0.364 e. The Labute approximate surface area is 124 Å². The molecular formula is C13H12F2N5O2. The molecule has 0 amide bonds. The molecule has 0 fully saturated rings. The van der Waals surface area contributed by atoms with E-state index in [1.54, 1.807) is 0 Å². The summed E-state index contributed by atoms with van der Waals surface area (Å²) in [5.74, 6) is -1.74. The second kappa shape index (κ2) is 6.74. The van der Waals surface area contributed by atoms with E-state index in [1.165, 1.54) is 6.07 Å². The van der Waals surface area contributed by atoms with E-state index < -0.39 is 16.6 Å². The van der Waals surface area contributed by atoms with Crippen LogP contribution in [0.2, 0.25) is 0 Å². The Hall–Kier alpha value is -2.84. The van der Waals surface area contributed by atoms with Crippen molar-refractivity contribution in [1.82, 2.24) is 9.97 Å². The van der Waals surface area contributed by atoms with E-state index in [4.69, 9.17) is 0 Å². The minimum atomic E-state index is -0.955. The first-order valence-corrected chi connectivity index (χ1v) is 6.23. The van der Waals surface area contributed by atoms with Crippen LogP contribution >= 0.6 is 0 Å². The van der Waals surface area contributed by atoms with Crippen molar-refractivity contribution >= 4 is 17.5 Å². The maximum atomic E-state index is 13.1. The molecule has 1 aromatic heterocycles. The van der Waals surface area contributed by atoms with E-state index in [0.717, 1.165) is 18.3 Å². The van der Waals surface area contributed by atoms with E-state index in [0.29, 0.717) is 5.56 Å². The molecule has 0 saturated heterocycles. The van der Waals surface area contributed by atoms with Crippen LogP contribution in [0.15, 0.2) is 24.4 Å². The summed E-state index contributed by atoms with van der Waals surface area (Å²) < 4.78 is 25.9. The Morgan fingerprint density at radius 3 is 2.68 bits per heavy atom. The molecule has 2 N–H and O–H groups in total. The molecule has 2 rings (SSSR count). The van der Waals surface area contributed by atoms with Gasteiger partial charge in [-0.15, -0.1) is 0 Å². The quantitative estimate of drug-likeness (QED) is 0.629. The van der Waals surface area contributed by atoms with Gasteiger partial charge in [0.15, 0.2) is 11.6 Å². The van der Waals surface area contributed by atoms with Crippen molar-refractivity contribution in [3.8, 4) is 0 Å². The summed E-state index contributed by atoms with van der Waals surface area (Å²) in [5.41, 5.74) is 0.203. The first-order valence-electron chi connectivity index (χ1n) is 6.23. The number of halogens is 2. The SMILES string of the molecule is [CH2]CNc1nc(NCc2ccc(F)c(F)c2)ncc1[N+](=O)[O-]. The highest BCUT2D eigenvalue weighted by molar-refractivity contribution is 5.57. The van der Waals surface area contributed by atoms with Gasteiger partial charge in [-0.25, -0.2) is 13.8 Å². The minimum Gasteiger partial charge on any atom is -0.364 e. The third-order valence-corrected chi connectivity index (χ3v) is 2.69. The zero-order chi connectivity index (χ0) is 16.1. The highest BCUT2D eigenvalue weighted by Gasteiger charge is 2.16. The van der Waals surface area contributed by atoms with E-state index in [9.17, 15) is 18.9 Å². The Morgan fingerprint density at radius 1 is 1.27 bits per heavy atom. The maximum Gasteiger partial charge on any atom is 0.329 e. The zero-order valence-electron chi connectivity index (χ0n) is 11.3. The molecule has 0 aliphatic rings. The van der Waals surface area contributed by atoms with Crippen molar-refractivity contribution in [2.24, 2.45) is 0 Å². The predicted octanol–water partition coefficient (Wildman–Crippen LogP) is 2.52. The van der Waals surface area contributed by atoms with Crippen LogP contribution in [0.1, 0.15) is 5.56 Å². The monoisotopic (exact) mass is 308 g/mol. The lowest BCUT2D eigenvalue weighted by molar-refractivity contribution is -0.384. The first-order chi connectivity index (χ1) is 10.5. The third kappa shape index (κ3) is 3.62. The van der Waals surface area contributed by atoms with Crippen molar-refractivity contribution in [2.75, 3.05) is 17.2 Å². The highest BCUT2D eigenvalue weighted by atomic mass is 19.2. The van der Waals surface area contributed by atoms with Crippen LogP contribution < -0.4 is 10.6 Å². The standard InChI is InChI=1S/C13H12F2N5O2/c1-2-16-12-11(20(21)22)7-18-13(19-12)17-6-8-3-4-9(14)10(15)5-8/h3-5,7H,1-2,6H2,(H2,16,17,18,19). The number of rotatable bonds is 6. The fraction of sp³-hybridized carbons (Fsp3) is 0.154. The lowest BCUT2D eigenvalue weighted by Crippen LogP contribution is -2.09. The van der Waals surface area contributed by atoms with E-state index in [1.807, 2.05) is 0 Å². The summed E-state index contributed by atoms with van der Waals surface area (Å²) in [5, 5.41) is 16.3. The third-order valence-electron chi connectivity index (χ3n) is 2.69. The van der Waals surface area contributed by atoms with Gasteiger partial charge in [-0.05, 0) is 24.6 Å². The Bertz CT molecular complexity index is 696. The fourth-order valence-electron chi connectivity index (χ4n) is 1.67. The summed E-state index contributed by atoms with van der Waals surface area (Å²) >= 11 is 0. The lowest BCUT2D eigenvalue weighted by atomic mass is 10.2. The van der Waals surface area contributed by atoms with Gasteiger partial charge in [-0.1, -0.05) is 6.07 Å². The Kier molecular flexibility index (Phi) is 4.77. The molecule has 0 spiro atoms. The molecule has 0 aliphatic heterocycles. The molecule has 0 bridgehead atoms. The van der Waals surface area contributed by atoms with Crippen LogP contribution in [0.3, 0.4) is 0 Å². The second-order valence-corrected chi connectivity index (χ2v) is 4.21. The molecule has 22 heavy (non-hydrogen) atoms. The summed E-state index contributed by atoms with van der Waals surface area (Å²) in [6.07, 6.45) is 1.05. The van der Waals surface area contributed by atoms with Crippen LogP contribution in [0.5, 0.6) is 0 Å². The summed E-state index contributed by atoms with van der Waals surface area (Å²) in [4.78, 5) is 18.0. The molecular weight excluding hydrogens is 296 g/mol. The molecule has 7 nitrogen and oxygen atoms in total. The van der Waals surface area contributed by atoms with Crippen LogP contribution in [0.25, 0.3) is 0 Å². The van der Waals surface area contributed by atoms with Crippen molar-refractivity contribution in [1.29, 1.82) is 0 Å². The van der Waals surface area contributed by atoms with Crippen LogP contribution in [0, 0.1) is 28.7 Å². The van der Waals surface area contributed by atoms with Crippen LogP contribution in [0.4, 0.5) is 26.2 Å². The number of anilines is 2. The predicted molar refractivity (Wildman–Crippen MR) is 76.2 cm³/mol. The van der Waals surface area contributed by atoms with Crippen molar-refractivity contribution in [3.05, 3.63) is 58.6 Å². The smallest absolute Gasteiger partial charge is 0.329 e. The van der Waals surface area contributed by atoms with Gasteiger partial charge in [0.2, 0.25) is 11.8 Å². The van der Waals surface area contributed by atoms with Crippen LogP contribution in [-0.4, -0.2) is 21.4 Å². The van der Waals surface area contributed by atoms with E-state index in [2.05, 4.69) is 27.5 Å². The van der Waals surface area contributed by atoms with Gasteiger partial charge in [0, 0.05) is 13.1 Å². The highest BCUT2D eigenvalue weighted by Crippen LogP contribution is 2.21. The Balaban J connectivity index is 2.14. The number of hydrogen-bond acceptors (Lipinski definition) is 6. The summed E-state index contributed by atoms with van der Waals surface area (Å²) in [7, 11) is 0. The number of nitrogens with one attached hydrogen (secondary N) is 2. The second-order valence-electron chi connectivity index (χ2n) is 4.21. The van der Waals surface area contributed by atoms with Gasteiger partial charge in [0.05, 0.1) is 4.92 Å². The molecule has 0 saturated carbocycles. The maximum absolute atomic E-state index is 13.1. The fourth-order valence-corrected chi connectivity index (χ4v) is 1.67. The van der Waals surface area contributed by atoms with Gasteiger partial charge in [-0.3, -0.25) is 10.1 Å². The van der Waals surface area contributed by atoms with Gasteiger partial charge in [0.1, 0.15) is 6.20 Å².